The number of unbranched alkanes of at least 4 members (excludes halogenated alkanes) is 5. The highest BCUT2D eigenvalue weighted by Gasteiger charge is 2.25. The molecule has 0 atom stereocenters. The second-order valence-corrected chi connectivity index (χ2v) is 4.38. The Labute approximate surface area is 102 Å². The molecule has 0 heterocycles. The average molecular weight is 254 g/mol. The molecule has 0 aromatic heterocycles. The van der Waals surface area contributed by atoms with E-state index in [1.165, 1.54) is 19.3 Å². The van der Waals surface area contributed by atoms with Gasteiger partial charge in [-0.25, -0.2) is 0 Å². The van der Waals surface area contributed by atoms with Crippen LogP contribution in [-0.2, 0) is 0 Å². The molecule has 0 fully saturated rings. The van der Waals surface area contributed by atoms with Gasteiger partial charge in [0.2, 0.25) is 0 Å². The highest BCUT2D eigenvalue weighted by Crippen LogP contribution is 2.21. The normalized spacial score (nSPS) is 12.0. The average Bonchev–Trinajstić information content (AvgIpc) is 2.24. The van der Waals surface area contributed by atoms with Gasteiger partial charge in [-0.05, 0) is 45.3 Å². The molecule has 0 unspecified atom stereocenters. The maximum absolute atomic E-state index is 11.8. The van der Waals surface area contributed by atoms with Crippen molar-refractivity contribution in [3.05, 3.63) is 0 Å². The van der Waals surface area contributed by atoms with E-state index in [-0.39, 0.29) is 6.42 Å². The van der Waals surface area contributed by atoms with E-state index in [9.17, 15) is 13.2 Å². The standard InChI is InChI=1S/C12H25F3N2/c13-12(14,15)8-4-7-11-17-10-6-3-1-2-5-9-16/h17H,1-11,16H2. The summed E-state index contributed by atoms with van der Waals surface area (Å²) in [6.07, 6.45) is 1.93. The lowest BCUT2D eigenvalue weighted by Gasteiger charge is -2.07. The van der Waals surface area contributed by atoms with Crippen molar-refractivity contribution in [3.8, 4) is 0 Å². The first-order valence-electron chi connectivity index (χ1n) is 6.54. The fourth-order valence-corrected chi connectivity index (χ4v) is 1.63. The third kappa shape index (κ3) is 15.7. The quantitative estimate of drug-likeness (QED) is 0.556. The van der Waals surface area contributed by atoms with Crippen molar-refractivity contribution in [2.45, 2.75) is 57.5 Å². The molecular formula is C12H25F3N2. The van der Waals surface area contributed by atoms with Crippen molar-refractivity contribution < 1.29 is 13.2 Å². The summed E-state index contributed by atoms with van der Waals surface area (Å²) in [7, 11) is 0. The molecular weight excluding hydrogens is 229 g/mol. The predicted octanol–water partition coefficient (Wildman–Crippen LogP) is 3.22. The van der Waals surface area contributed by atoms with Crippen LogP contribution in [0.2, 0.25) is 0 Å². The molecule has 0 amide bonds. The predicted molar refractivity (Wildman–Crippen MR) is 64.9 cm³/mol. The molecule has 0 aliphatic rings. The summed E-state index contributed by atoms with van der Waals surface area (Å²) in [4.78, 5) is 0. The van der Waals surface area contributed by atoms with E-state index in [0.717, 1.165) is 25.9 Å². The van der Waals surface area contributed by atoms with Crippen LogP contribution in [0.15, 0.2) is 0 Å². The summed E-state index contributed by atoms with van der Waals surface area (Å²) in [6, 6.07) is 0. The third-order valence-corrected chi connectivity index (χ3v) is 2.62. The van der Waals surface area contributed by atoms with E-state index in [2.05, 4.69) is 5.32 Å². The molecule has 0 bridgehead atoms. The first kappa shape index (κ1) is 16.7. The SMILES string of the molecule is NCCCCCCCNCCCCC(F)(F)F. The van der Waals surface area contributed by atoms with Gasteiger partial charge in [-0.2, -0.15) is 13.2 Å². The smallest absolute Gasteiger partial charge is 0.330 e. The van der Waals surface area contributed by atoms with Crippen LogP contribution in [0.25, 0.3) is 0 Å². The summed E-state index contributed by atoms with van der Waals surface area (Å²) < 4.78 is 35.4. The Hall–Kier alpha value is -0.290. The van der Waals surface area contributed by atoms with E-state index in [0.29, 0.717) is 13.0 Å². The summed E-state index contributed by atoms with van der Waals surface area (Å²) in [6.45, 7) is 2.37. The van der Waals surface area contributed by atoms with Crippen molar-refractivity contribution in [1.82, 2.24) is 5.32 Å². The van der Waals surface area contributed by atoms with Crippen LogP contribution < -0.4 is 11.1 Å². The Bertz CT molecular complexity index is 160. The number of hydrogen-bond donors (Lipinski definition) is 2. The van der Waals surface area contributed by atoms with Gasteiger partial charge in [0.15, 0.2) is 0 Å². The van der Waals surface area contributed by atoms with Gasteiger partial charge >= 0.3 is 6.18 Å². The monoisotopic (exact) mass is 254 g/mol. The van der Waals surface area contributed by atoms with E-state index in [4.69, 9.17) is 5.73 Å². The van der Waals surface area contributed by atoms with Gasteiger partial charge in [0.25, 0.3) is 0 Å². The Balaban J connectivity index is 2.99. The van der Waals surface area contributed by atoms with Crippen LogP contribution in [0.1, 0.15) is 51.4 Å². The maximum Gasteiger partial charge on any atom is 0.389 e. The van der Waals surface area contributed by atoms with Crippen molar-refractivity contribution in [2.75, 3.05) is 19.6 Å². The minimum atomic E-state index is -4.00. The summed E-state index contributed by atoms with van der Waals surface area (Å²) >= 11 is 0. The molecule has 0 aliphatic carbocycles. The molecule has 0 saturated carbocycles. The van der Waals surface area contributed by atoms with Crippen LogP contribution in [0.3, 0.4) is 0 Å². The lowest BCUT2D eigenvalue weighted by atomic mass is 10.1. The van der Waals surface area contributed by atoms with Gasteiger partial charge in [-0.3, -0.25) is 0 Å². The first-order chi connectivity index (χ1) is 8.06. The minimum Gasteiger partial charge on any atom is -0.330 e. The zero-order valence-electron chi connectivity index (χ0n) is 10.5. The molecule has 0 aliphatic heterocycles. The van der Waals surface area contributed by atoms with Crippen LogP contribution in [0.5, 0.6) is 0 Å². The molecule has 0 aromatic rings. The van der Waals surface area contributed by atoms with Crippen LogP contribution in [0.4, 0.5) is 13.2 Å². The highest BCUT2D eigenvalue weighted by molar-refractivity contribution is 4.54. The van der Waals surface area contributed by atoms with Gasteiger partial charge in [0.1, 0.15) is 0 Å². The maximum atomic E-state index is 11.8. The topological polar surface area (TPSA) is 38.0 Å². The molecule has 3 N–H and O–H groups in total. The van der Waals surface area contributed by atoms with Crippen molar-refractivity contribution in [3.63, 3.8) is 0 Å². The van der Waals surface area contributed by atoms with Gasteiger partial charge in [0.05, 0.1) is 0 Å². The molecule has 5 heteroatoms. The fourth-order valence-electron chi connectivity index (χ4n) is 1.63. The number of halogens is 3. The lowest BCUT2D eigenvalue weighted by molar-refractivity contribution is -0.135. The molecule has 2 nitrogen and oxygen atoms in total. The summed E-state index contributed by atoms with van der Waals surface area (Å²) in [5, 5.41) is 3.17. The van der Waals surface area contributed by atoms with Crippen LogP contribution in [0, 0.1) is 0 Å². The molecule has 0 aromatic carbocycles. The third-order valence-electron chi connectivity index (χ3n) is 2.62. The molecule has 17 heavy (non-hydrogen) atoms. The molecule has 104 valence electrons. The number of rotatable bonds is 11. The Morgan fingerprint density at radius 3 is 1.88 bits per heavy atom. The minimum absolute atomic E-state index is 0.229. The zero-order valence-corrected chi connectivity index (χ0v) is 10.5. The Morgan fingerprint density at radius 1 is 0.765 bits per heavy atom. The van der Waals surface area contributed by atoms with Gasteiger partial charge < -0.3 is 11.1 Å². The zero-order chi connectivity index (χ0) is 13.0. The lowest BCUT2D eigenvalue weighted by Crippen LogP contribution is -2.17. The molecule has 0 saturated heterocycles. The number of nitrogens with one attached hydrogen (secondary N) is 1. The fraction of sp³-hybridized carbons (Fsp3) is 1.00. The van der Waals surface area contributed by atoms with Gasteiger partial charge in [0, 0.05) is 6.42 Å². The van der Waals surface area contributed by atoms with Crippen molar-refractivity contribution >= 4 is 0 Å². The largest absolute Gasteiger partial charge is 0.389 e. The number of hydrogen-bond acceptors (Lipinski definition) is 2. The van der Waals surface area contributed by atoms with E-state index in [1.807, 2.05) is 0 Å². The molecule has 0 spiro atoms. The van der Waals surface area contributed by atoms with Gasteiger partial charge in [-0.15, -0.1) is 0 Å². The second kappa shape index (κ2) is 10.8. The van der Waals surface area contributed by atoms with Crippen LogP contribution in [-0.4, -0.2) is 25.8 Å². The second-order valence-electron chi connectivity index (χ2n) is 4.38. The number of alkyl halides is 3. The number of nitrogens with two attached hydrogens (primary N) is 1. The van der Waals surface area contributed by atoms with E-state index < -0.39 is 12.6 Å². The first-order valence-corrected chi connectivity index (χ1v) is 6.54. The summed E-state index contributed by atoms with van der Waals surface area (Å²) in [5.41, 5.74) is 5.38. The Kier molecular flexibility index (Phi) is 10.7. The van der Waals surface area contributed by atoms with Gasteiger partial charge in [-0.1, -0.05) is 19.3 Å². The van der Waals surface area contributed by atoms with Crippen molar-refractivity contribution in [1.29, 1.82) is 0 Å². The van der Waals surface area contributed by atoms with E-state index >= 15 is 0 Å². The highest BCUT2D eigenvalue weighted by atomic mass is 19.4. The Morgan fingerprint density at radius 2 is 1.29 bits per heavy atom. The van der Waals surface area contributed by atoms with Crippen LogP contribution >= 0.6 is 0 Å². The molecule has 0 rings (SSSR count). The molecule has 0 radical (unpaired) electrons. The van der Waals surface area contributed by atoms with E-state index in [1.54, 1.807) is 0 Å². The summed E-state index contributed by atoms with van der Waals surface area (Å²) in [5.74, 6) is 0. The van der Waals surface area contributed by atoms with Crippen molar-refractivity contribution in [2.24, 2.45) is 5.73 Å².